The van der Waals surface area contributed by atoms with Crippen LogP contribution < -0.4 is 0 Å². The maximum Gasteiger partial charge on any atom is 0.335 e. The first-order valence-corrected chi connectivity index (χ1v) is 5.92. The lowest BCUT2D eigenvalue weighted by Gasteiger charge is -2.05. The Morgan fingerprint density at radius 2 is 2.12 bits per heavy atom. The first-order chi connectivity index (χ1) is 7.59. The molecule has 1 heterocycles. The summed E-state index contributed by atoms with van der Waals surface area (Å²) in [6.45, 7) is 1.89. The molecular weight excluding hydrogens is 244 g/mol. The number of aromatic carboxylic acids is 1. The first-order valence-electron chi connectivity index (χ1n) is 4.67. The van der Waals surface area contributed by atoms with Gasteiger partial charge >= 0.3 is 5.97 Å². The van der Waals surface area contributed by atoms with Crippen molar-refractivity contribution in [3.8, 4) is 10.4 Å². The first kappa shape index (κ1) is 11.2. The summed E-state index contributed by atoms with van der Waals surface area (Å²) >= 11 is 7.59. The van der Waals surface area contributed by atoms with Gasteiger partial charge in [-0.2, -0.15) is 0 Å². The third-order valence-corrected chi connectivity index (χ3v) is 3.71. The molecule has 4 heteroatoms. The van der Waals surface area contributed by atoms with Crippen LogP contribution in [0.3, 0.4) is 0 Å². The van der Waals surface area contributed by atoms with Crippen LogP contribution in [0.15, 0.2) is 29.6 Å². The normalized spacial score (nSPS) is 10.4. The topological polar surface area (TPSA) is 37.3 Å². The van der Waals surface area contributed by atoms with Crippen molar-refractivity contribution in [1.82, 2.24) is 0 Å². The van der Waals surface area contributed by atoms with E-state index in [0.29, 0.717) is 10.6 Å². The Bertz CT molecular complexity index is 546. The average molecular weight is 253 g/mol. The minimum atomic E-state index is -0.910. The molecule has 16 heavy (non-hydrogen) atoms. The molecule has 2 nitrogen and oxygen atoms in total. The van der Waals surface area contributed by atoms with Crippen molar-refractivity contribution in [2.45, 2.75) is 6.92 Å². The molecule has 82 valence electrons. The standard InChI is InChI=1S/C12H9ClO2S/c1-7-6-8(12(14)15)2-3-9(7)11-10(13)4-5-16-11/h2-6H,1H3,(H,14,15). The lowest BCUT2D eigenvalue weighted by Crippen LogP contribution is -1.96. The van der Waals surface area contributed by atoms with Gasteiger partial charge in [-0.05, 0) is 41.6 Å². The van der Waals surface area contributed by atoms with E-state index in [0.717, 1.165) is 16.0 Å². The highest BCUT2D eigenvalue weighted by Gasteiger charge is 2.10. The fourth-order valence-electron chi connectivity index (χ4n) is 1.54. The van der Waals surface area contributed by atoms with Crippen molar-refractivity contribution in [3.05, 3.63) is 45.8 Å². The number of benzene rings is 1. The van der Waals surface area contributed by atoms with Gasteiger partial charge in [0.1, 0.15) is 0 Å². The third kappa shape index (κ3) is 1.96. The van der Waals surface area contributed by atoms with Crippen molar-refractivity contribution >= 4 is 28.9 Å². The highest BCUT2D eigenvalue weighted by atomic mass is 35.5. The Morgan fingerprint density at radius 3 is 2.62 bits per heavy atom. The summed E-state index contributed by atoms with van der Waals surface area (Å²) in [6.07, 6.45) is 0. The summed E-state index contributed by atoms with van der Waals surface area (Å²) < 4.78 is 0. The summed E-state index contributed by atoms with van der Waals surface area (Å²) in [5, 5.41) is 11.5. The molecule has 1 aromatic heterocycles. The van der Waals surface area contributed by atoms with Crippen molar-refractivity contribution < 1.29 is 9.90 Å². The molecular formula is C12H9ClO2S. The number of hydrogen-bond acceptors (Lipinski definition) is 2. The summed E-state index contributed by atoms with van der Waals surface area (Å²) in [4.78, 5) is 11.8. The Labute approximate surface area is 102 Å². The largest absolute Gasteiger partial charge is 0.478 e. The minimum Gasteiger partial charge on any atom is -0.478 e. The average Bonchev–Trinajstić information content (AvgIpc) is 2.64. The Kier molecular flexibility index (Phi) is 2.99. The Hall–Kier alpha value is -1.32. The van der Waals surface area contributed by atoms with Crippen LogP contribution in [-0.2, 0) is 0 Å². The number of carbonyl (C=O) groups is 1. The highest BCUT2D eigenvalue weighted by molar-refractivity contribution is 7.14. The van der Waals surface area contributed by atoms with E-state index in [2.05, 4.69) is 0 Å². The van der Waals surface area contributed by atoms with Gasteiger partial charge in [-0.15, -0.1) is 11.3 Å². The number of halogens is 1. The van der Waals surface area contributed by atoms with Gasteiger partial charge in [-0.3, -0.25) is 0 Å². The molecule has 1 aromatic carbocycles. The van der Waals surface area contributed by atoms with Crippen LogP contribution in [0.25, 0.3) is 10.4 Å². The molecule has 0 aliphatic carbocycles. The van der Waals surface area contributed by atoms with E-state index in [1.54, 1.807) is 29.5 Å². The third-order valence-electron chi connectivity index (χ3n) is 2.34. The molecule has 0 spiro atoms. The van der Waals surface area contributed by atoms with Crippen LogP contribution in [0.4, 0.5) is 0 Å². The zero-order valence-electron chi connectivity index (χ0n) is 8.53. The summed E-state index contributed by atoms with van der Waals surface area (Å²) in [7, 11) is 0. The zero-order chi connectivity index (χ0) is 11.7. The molecule has 2 aromatic rings. The Balaban J connectivity index is 2.52. The Morgan fingerprint density at radius 1 is 1.38 bits per heavy atom. The summed E-state index contributed by atoms with van der Waals surface area (Å²) in [5.41, 5.74) is 2.21. The van der Waals surface area contributed by atoms with E-state index in [4.69, 9.17) is 16.7 Å². The van der Waals surface area contributed by atoms with Gasteiger partial charge in [0.25, 0.3) is 0 Å². The van der Waals surface area contributed by atoms with Gasteiger partial charge in [0, 0.05) is 0 Å². The van der Waals surface area contributed by atoms with Crippen molar-refractivity contribution in [2.24, 2.45) is 0 Å². The van der Waals surface area contributed by atoms with E-state index >= 15 is 0 Å². The molecule has 0 bridgehead atoms. The van der Waals surface area contributed by atoms with Crippen molar-refractivity contribution in [2.75, 3.05) is 0 Å². The molecule has 0 saturated heterocycles. The van der Waals surface area contributed by atoms with Crippen LogP contribution in [0.1, 0.15) is 15.9 Å². The van der Waals surface area contributed by atoms with Crippen LogP contribution in [0.5, 0.6) is 0 Å². The predicted octanol–water partition coefficient (Wildman–Crippen LogP) is 4.08. The lowest BCUT2D eigenvalue weighted by molar-refractivity contribution is 0.0697. The zero-order valence-corrected chi connectivity index (χ0v) is 10.1. The van der Waals surface area contributed by atoms with Crippen molar-refractivity contribution in [3.63, 3.8) is 0 Å². The number of carboxylic acid groups (broad SMARTS) is 1. The fraction of sp³-hybridized carbons (Fsp3) is 0.0833. The maximum absolute atomic E-state index is 10.8. The maximum atomic E-state index is 10.8. The van der Waals surface area contributed by atoms with Crippen LogP contribution >= 0.6 is 22.9 Å². The molecule has 0 saturated carbocycles. The smallest absolute Gasteiger partial charge is 0.335 e. The number of thiophene rings is 1. The van der Waals surface area contributed by atoms with E-state index in [1.165, 1.54) is 0 Å². The highest BCUT2D eigenvalue weighted by Crippen LogP contribution is 2.35. The molecule has 1 N–H and O–H groups in total. The van der Waals surface area contributed by atoms with Crippen LogP contribution in [0, 0.1) is 6.92 Å². The SMILES string of the molecule is Cc1cc(C(=O)O)ccc1-c1sccc1Cl. The number of rotatable bonds is 2. The minimum absolute atomic E-state index is 0.300. The summed E-state index contributed by atoms with van der Waals surface area (Å²) in [5.74, 6) is -0.910. The van der Waals surface area contributed by atoms with Crippen LogP contribution in [0.2, 0.25) is 5.02 Å². The van der Waals surface area contributed by atoms with Gasteiger partial charge in [-0.1, -0.05) is 17.7 Å². The van der Waals surface area contributed by atoms with Gasteiger partial charge < -0.3 is 5.11 Å². The molecule has 0 aliphatic rings. The second-order valence-corrected chi connectivity index (χ2v) is 4.76. The quantitative estimate of drug-likeness (QED) is 0.875. The van der Waals surface area contributed by atoms with Gasteiger partial charge in [0.2, 0.25) is 0 Å². The van der Waals surface area contributed by atoms with E-state index in [-0.39, 0.29) is 0 Å². The summed E-state index contributed by atoms with van der Waals surface area (Å²) in [6, 6.07) is 6.90. The van der Waals surface area contributed by atoms with E-state index in [9.17, 15) is 4.79 Å². The monoisotopic (exact) mass is 252 g/mol. The fourth-order valence-corrected chi connectivity index (χ4v) is 2.79. The molecule has 0 fully saturated rings. The predicted molar refractivity (Wildman–Crippen MR) is 66.5 cm³/mol. The molecule has 0 radical (unpaired) electrons. The number of carboxylic acids is 1. The van der Waals surface area contributed by atoms with E-state index < -0.39 is 5.97 Å². The second-order valence-electron chi connectivity index (χ2n) is 3.43. The molecule has 0 atom stereocenters. The number of aryl methyl sites for hydroxylation is 1. The van der Waals surface area contributed by atoms with Gasteiger partial charge in [0.15, 0.2) is 0 Å². The molecule has 2 rings (SSSR count). The lowest BCUT2D eigenvalue weighted by atomic mass is 10.0. The van der Waals surface area contributed by atoms with Crippen LogP contribution in [-0.4, -0.2) is 11.1 Å². The molecule has 0 aliphatic heterocycles. The molecule has 0 unspecified atom stereocenters. The number of hydrogen-bond donors (Lipinski definition) is 1. The van der Waals surface area contributed by atoms with Gasteiger partial charge in [0.05, 0.1) is 15.5 Å². The molecule has 0 amide bonds. The van der Waals surface area contributed by atoms with Gasteiger partial charge in [-0.25, -0.2) is 4.79 Å². The van der Waals surface area contributed by atoms with Crippen molar-refractivity contribution in [1.29, 1.82) is 0 Å². The van der Waals surface area contributed by atoms with E-state index in [1.807, 2.05) is 18.4 Å². The second kappa shape index (κ2) is 4.28.